The molecular weight excluding hydrogens is 1560 g/mol. The second-order valence-electron chi connectivity index (χ2n) is 26.6. The molecule has 0 saturated carbocycles. The maximum absolute atomic E-state index is 14.4. The Morgan fingerprint density at radius 3 is 1.03 bits per heavy atom. The molecule has 41 nitrogen and oxygen atoms in total. The van der Waals surface area contributed by atoms with Gasteiger partial charge in [-0.1, -0.05) is 71.9 Å². The third kappa shape index (κ3) is 26.1. The van der Waals surface area contributed by atoms with E-state index in [1.165, 1.54) is 52.0 Å². The van der Waals surface area contributed by atoms with Gasteiger partial charge in [-0.25, -0.2) is 23.7 Å². The lowest BCUT2D eigenvalue weighted by Crippen LogP contribution is -2.69. The molecule has 4 aliphatic rings. The molecule has 117 heavy (non-hydrogen) atoms. The third-order valence-electron chi connectivity index (χ3n) is 17.3. The number of carbonyl (C=O) groups is 13. The molecular formula is C76H90N6O35. The van der Waals surface area contributed by atoms with E-state index in [0.29, 0.717) is 19.8 Å². The van der Waals surface area contributed by atoms with Crippen LogP contribution in [-0.2, 0) is 178 Å². The van der Waals surface area contributed by atoms with Gasteiger partial charge in [-0.2, -0.15) is 0 Å². The SMILES string of the molecule is CCCOCCn1cc(CO[C@H]2O[C@H](Cn3cc(CO[C@@H]4O[C@H](COC(C)=O)[C@@H](O[C@H]5O[C@H](COC(C)=O)[C@@H](O[C@H]6O[C@H](COC(C)=O)[C@@H](OC(C)=O)[C@H](OC(C)=O)C6OC(C)=O)[C@H](OC(C)=O)C5OC(C)=O)[C@H](OC(C)=O)[C@H]4OC(C)=O)nn3)[C@@H](OC(=O)c3ccccc3)[C@H](OC(=O)c3ccccc3)[C@@H]2OC(=O)c2ccccc2)nn1. The van der Waals surface area contributed by atoms with Crippen molar-refractivity contribution in [2.45, 2.75) is 232 Å². The second kappa shape index (κ2) is 43.1. The van der Waals surface area contributed by atoms with E-state index < -0.39 is 233 Å². The fraction of sp³-hybridized carbons (Fsp3) is 0.539. The van der Waals surface area contributed by atoms with Crippen LogP contribution in [0.2, 0.25) is 0 Å². The van der Waals surface area contributed by atoms with Gasteiger partial charge in [0.1, 0.15) is 67.8 Å². The Balaban J connectivity index is 1.06. The van der Waals surface area contributed by atoms with E-state index >= 15 is 0 Å². The molecule has 5 aromatic rings. The van der Waals surface area contributed by atoms with Gasteiger partial charge in [-0.3, -0.25) is 47.9 Å². The van der Waals surface area contributed by atoms with Crippen LogP contribution >= 0.6 is 0 Å². The largest absolute Gasteiger partial charge is 0.463 e. The summed E-state index contributed by atoms with van der Waals surface area (Å²) in [7, 11) is 0. The number of esters is 13. The highest BCUT2D eigenvalue weighted by Crippen LogP contribution is 2.40. The van der Waals surface area contributed by atoms with Gasteiger partial charge in [0.2, 0.25) is 0 Å². The summed E-state index contributed by atoms with van der Waals surface area (Å²) in [5, 5.41) is 17.0. The van der Waals surface area contributed by atoms with Gasteiger partial charge < -0.3 is 104 Å². The first-order chi connectivity index (χ1) is 55.9. The molecule has 634 valence electrons. The molecule has 4 aliphatic heterocycles. The van der Waals surface area contributed by atoms with Crippen molar-refractivity contribution in [3.05, 3.63) is 131 Å². The maximum Gasteiger partial charge on any atom is 0.338 e. The summed E-state index contributed by atoms with van der Waals surface area (Å²) in [5.41, 5.74) is 0.394. The van der Waals surface area contributed by atoms with Gasteiger partial charge in [-0.05, 0) is 42.8 Å². The Morgan fingerprint density at radius 1 is 0.333 bits per heavy atom. The minimum Gasteiger partial charge on any atom is -0.463 e. The monoisotopic (exact) mass is 1650 g/mol. The predicted molar refractivity (Wildman–Crippen MR) is 381 cm³/mol. The average molecular weight is 1650 g/mol. The first kappa shape index (κ1) is 89.6. The maximum atomic E-state index is 14.4. The Hall–Kier alpha value is -11.3. The van der Waals surface area contributed by atoms with E-state index in [1.54, 1.807) is 60.8 Å². The Morgan fingerprint density at radius 2 is 0.632 bits per heavy atom. The smallest absolute Gasteiger partial charge is 0.338 e. The second-order valence-corrected chi connectivity index (χ2v) is 26.6. The number of carbonyl (C=O) groups excluding carboxylic acids is 13. The predicted octanol–water partition coefficient (Wildman–Crippen LogP) is 2.59. The first-order valence-corrected chi connectivity index (χ1v) is 36.8. The van der Waals surface area contributed by atoms with Crippen molar-refractivity contribution in [2.24, 2.45) is 0 Å². The normalized spacial score (nSPS) is 26.7. The van der Waals surface area contributed by atoms with Gasteiger partial charge in [0, 0.05) is 75.8 Å². The summed E-state index contributed by atoms with van der Waals surface area (Å²) < 4.78 is 135. The molecule has 20 atom stereocenters. The van der Waals surface area contributed by atoms with Crippen molar-refractivity contribution >= 4 is 77.6 Å². The highest BCUT2D eigenvalue weighted by atomic mass is 16.8. The molecule has 0 N–H and O–H groups in total. The summed E-state index contributed by atoms with van der Waals surface area (Å²) in [6.07, 6.45) is -33.4. The van der Waals surface area contributed by atoms with Crippen LogP contribution in [0.4, 0.5) is 0 Å². The number of aromatic nitrogens is 6. The molecule has 4 fully saturated rings. The van der Waals surface area contributed by atoms with E-state index in [4.69, 9.17) is 104 Å². The molecule has 2 aromatic heterocycles. The molecule has 0 amide bonds. The zero-order chi connectivity index (χ0) is 84.6. The number of benzene rings is 3. The lowest BCUT2D eigenvalue weighted by atomic mass is 9.95. The van der Waals surface area contributed by atoms with Crippen molar-refractivity contribution in [2.75, 3.05) is 33.0 Å². The molecule has 3 aromatic carbocycles. The molecule has 0 radical (unpaired) electrons. The van der Waals surface area contributed by atoms with Gasteiger partial charge in [0.15, 0.2) is 86.2 Å². The Kier molecular flexibility index (Phi) is 33.0. The van der Waals surface area contributed by atoms with E-state index in [-0.39, 0.29) is 34.7 Å². The van der Waals surface area contributed by atoms with E-state index in [2.05, 4.69) is 20.6 Å². The zero-order valence-electron chi connectivity index (χ0n) is 65.4. The van der Waals surface area contributed by atoms with Crippen molar-refractivity contribution in [3.8, 4) is 0 Å². The van der Waals surface area contributed by atoms with E-state index in [9.17, 15) is 62.3 Å². The third-order valence-corrected chi connectivity index (χ3v) is 17.3. The lowest BCUT2D eigenvalue weighted by molar-refractivity contribution is -0.380. The van der Waals surface area contributed by atoms with Crippen LogP contribution in [0.15, 0.2) is 103 Å². The first-order valence-electron chi connectivity index (χ1n) is 36.8. The van der Waals surface area contributed by atoms with Crippen molar-refractivity contribution in [1.82, 2.24) is 30.0 Å². The highest BCUT2D eigenvalue weighted by molar-refractivity contribution is 5.91. The lowest BCUT2D eigenvalue weighted by Gasteiger charge is -2.50. The molecule has 41 heteroatoms. The van der Waals surface area contributed by atoms with Crippen LogP contribution in [0.1, 0.15) is 125 Å². The summed E-state index contributed by atoms with van der Waals surface area (Å²) >= 11 is 0. The van der Waals surface area contributed by atoms with Gasteiger partial charge in [0.25, 0.3) is 0 Å². The number of hydrogen-bond donors (Lipinski definition) is 0. The van der Waals surface area contributed by atoms with E-state index in [1.807, 2.05) is 6.92 Å². The average Bonchev–Trinajstić information content (AvgIpc) is 1.19. The number of ether oxygens (including phenoxy) is 22. The molecule has 0 aliphatic carbocycles. The minimum atomic E-state index is -2.17. The fourth-order valence-electron chi connectivity index (χ4n) is 12.7. The molecule has 0 spiro atoms. The number of nitrogens with zero attached hydrogens (tertiary/aromatic N) is 6. The fourth-order valence-corrected chi connectivity index (χ4v) is 12.7. The highest BCUT2D eigenvalue weighted by Gasteiger charge is 2.61. The quantitative estimate of drug-likeness (QED) is 0.0316. The van der Waals surface area contributed by atoms with Gasteiger partial charge in [-0.15, -0.1) is 10.2 Å². The van der Waals surface area contributed by atoms with Crippen LogP contribution in [0, 0.1) is 0 Å². The zero-order valence-corrected chi connectivity index (χ0v) is 65.4. The van der Waals surface area contributed by atoms with Crippen LogP contribution < -0.4 is 0 Å². The Bertz CT molecular complexity index is 4230. The van der Waals surface area contributed by atoms with Crippen LogP contribution in [0.5, 0.6) is 0 Å². The van der Waals surface area contributed by atoms with Crippen molar-refractivity contribution < 1.29 is 167 Å². The molecule has 0 bridgehead atoms. The topological polar surface area (TPSA) is 486 Å². The molecule has 9 rings (SSSR count). The Labute approximate surface area is 668 Å². The number of rotatable bonds is 36. The summed E-state index contributed by atoms with van der Waals surface area (Å²) in [5.74, 6) is -13.0. The number of hydrogen-bond acceptors (Lipinski definition) is 39. The van der Waals surface area contributed by atoms with E-state index in [0.717, 1.165) is 75.7 Å². The molecule has 4 saturated heterocycles. The minimum absolute atomic E-state index is 0.0405. The molecule has 6 heterocycles. The molecule has 2 unspecified atom stereocenters. The summed E-state index contributed by atoms with van der Waals surface area (Å²) in [6.45, 7) is 8.93. The van der Waals surface area contributed by atoms with Crippen LogP contribution in [0.25, 0.3) is 0 Å². The standard InChI is InChI=1S/C76H90N6O35/c1-12-29-96-30-28-81-31-52(77-79-81)34-101-74-67(115-72(95)51-26-20-15-21-27-51)65(114-71(94)50-24-18-14-19-25-50)58(113-70(93)49-22-16-13-17-23-49)54(109-74)33-82-32-53(78-80-82)35-100-73-66(106-46(9)90)63(104-44(7)88)60(56(110-73)37-98-40(3)84)116-76-69(108-48(11)92)64(105-45(8)89)61(57(112-76)38-99-41(4)85)117-75-68(107-47(10)91)62(103-43(6)87)59(102-42(5)86)55(111-75)36-97-39(2)83/h13-27,31-32,54-69,73-76H,12,28-30,33-38H2,1-11H3/t54-,55-,56-,57-,58-,59-,60-,61-,62+,63+,64+,65+,66-,67+,68?,69?,73-,74+,75-,76-/m1/s1. The van der Waals surface area contributed by atoms with Crippen LogP contribution in [0.3, 0.4) is 0 Å². The van der Waals surface area contributed by atoms with Crippen molar-refractivity contribution in [3.63, 3.8) is 0 Å². The summed E-state index contributed by atoms with van der Waals surface area (Å²) in [4.78, 5) is 173. The summed E-state index contributed by atoms with van der Waals surface area (Å²) in [6, 6.07) is 23.3. The van der Waals surface area contributed by atoms with Crippen molar-refractivity contribution in [1.29, 1.82) is 0 Å². The van der Waals surface area contributed by atoms with Gasteiger partial charge in [0.05, 0.1) is 62.0 Å². The van der Waals surface area contributed by atoms with Gasteiger partial charge >= 0.3 is 77.6 Å². The van der Waals surface area contributed by atoms with Crippen LogP contribution in [-0.4, -0.2) is 263 Å².